The Morgan fingerprint density at radius 2 is 2.05 bits per heavy atom. The molecule has 0 spiro atoms. The van der Waals surface area contributed by atoms with Crippen LogP contribution in [0.1, 0.15) is 10.4 Å². The predicted molar refractivity (Wildman–Crippen MR) is 75.8 cm³/mol. The summed E-state index contributed by atoms with van der Waals surface area (Å²) in [6, 6.07) is 4.80. The van der Waals surface area contributed by atoms with Crippen LogP contribution >= 0.6 is 11.6 Å². The number of aromatic carboxylic acids is 1. The van der Waals surface area contributed by atoms with E-state index in [1.54, 1.807) is 12.1 Å². The average Bonchev–Trinajstić information content (AvgIpc) is 2.48. The zero-order chi connectivity index (χ0) is 14.5. The van der Waals surface area contributed by atoms with E-state index in [1.807, 2.05) is 4.90 Å². The molecule has 0 bridgehead atoms. The van der Waals surface area contributed by atoms with Gasteiger partial charge in [0.05, 0.1) is 24.5 Å². The molecule has 1 aliphatic heterocycles. The first-order chi connectivity index (χ1) is 9.61. The number of rotatable bonds is 4. The second kappa shape index (κ2) is 6.58. The molecule has 1 aliphatic rings. The zero-order valence-corrected chi connectivity index (χ0v) is 11.5. The Labute approximate surface area is 121 Å². The monoisotopic (exact) mass is 298 g/mol. The Morgan fingerprint density at radius 3 is 2.65 bits per heavy atom. The maximum Gasteiger partial charge on any atom is 0.337 e. The van der Waals surface area contributed by atoms with Gasteiger partial charge in [0.1, 0.15) is 5.88 Å². The van der Waals surface area contributed by atoms with E-state index in [0.29, 0.717) is 37.7 Å². The van der Waals surface area contributed by atoms with Gasteiger partial charge in [-0.15, -0.1) is 11.6 Å². The van der Waals surface area contributed by atoms with Crippen molar-refractivity contribution in [3.63, 3.8) is 0 Å². The van der Waals surface area contributed by atoms with Crippen LogP contribution in [0.4, 0.5) is 11.4 Å². The number of carboxylic acid groups (broad SMARTS) is 1. The number of alkyl halides is 1. The number of amides is 1. The number of carbonyl (C=O) groups excluding carboxylic acids is 1. The SMILES string of the molecule is O=C(CCl)Nc1ccc(N2CCOCC2)c(C(=O)O)c1. The molecule has 108 valence electrons. The van der Waals surface area contributed by atoms with E-state index >= 15 is 0 Å². The van der Waals surface area contributed by atoms with Crippen LogP contribution in [0.5, 0.6) is 0 Å². The molecule has 1 aromatic rings. The lowest BCUT2D eigenvalue weighted by Gasteiger charge is -2.30. The highest BCUT2D eigenvalue weighted by atomic mass is 35.5. The van der Waals surface area contributed by atoms with Crippen molar-refractivity contribution in [2.24, 2.45) is 0 Å². The average molecular weight is 299 g/mol. The minimum atomic E-state index is -1.03. The molecule has 1 aromatic carbocycles. The minimum Gasteiger partial charge on any atom is -0.478 e. The lowest BCUT2D eigenvalue weighted by molar-refractivity contribution is -0.113. The van der Waals surface area contributed by atoms with E-state index in [-0.39, 0.29) is 17.4 Å². The first-order valence-electron chi connectivity index (χ1n) is 6.17. The Bertz CT molecular complexity index is 515. The summed E-state index contributed by atoms with van der Waals surface area (Å²) in [6.45, 7) is 2.44. The summed E-state index contributed by atoms with van der Waals surface area (Å²) in [5, 5.41) is 11.9. The summed E-state index contributed by atoms with van der Waals surface area (Å²) < 4.78 is 5.25. The van der Waals surface area contributed by atoms with Crippen molar-refractivity contribution in [1.82, 2.24) is 0 Å². The smallest absolute Gasteiger partial charge is 0.337 e. The van der Waals surface area contributed by atoms with Crippen molar-refractivity contribution in [2.75, 3.05) is 42.4 Å². The molecule has 0 aliphatic carbocycles. The van der Waals surface area contributed by atoms with E-state index in [0.717, 1.165) is 0 Å². The van der Waals surface area contributed by atoms with E-state index in [2.05, 4.69) is 5.32 Å². The molecule has 0 radical (unpaired) electrons. The van der Waals surface area contributed by atoms with Crippen LogP contribution in [0, 0.1) is 0 Å². The summed E-state index contributed by atoms with van der Waals surface area (Å²) in [5.74, 6) is -1.58. The van der Waals surface area contributed by atoms with Gasteiger partial charge in [-0.25, -0.2) is 4.79 Å². The Balaban J connectivity index is 2.27. The number of morpholine rings is 1. The van der Waals surface area contributed by atoms with Crippen LogP contribution in [0.25, 0.3) is 0 Å². The number of halogens is 1. The molecule has 0 unspecified atom stereocenters. The van der Waals surface area contributed by atoms with Gasteiger partial charge in [-0.2, -0.15) is 0 Å². The van der Waals surface area contributed by atoms with Crippen LogP contribution in [0.15, 0.2) is 18.2 Å². The molecule has 20 heavy (non-hydrogen) atoms. The summed E-state index contributed by atoms with van der Waals surface area (Å²) in [6.07, 6.45) is 0. The van der Waals surface area contributed by atoms with Gasteiger partial charge in [0.15, 0.2) is 0 Å². The second-order valence-corrected chi connectivity index (χ2v) is 4.59. The molecule has 7 heteroatoms. The van der Waals surface area contributed by atoms with Crippen LogP contribution in [-0.4, -0.2) is 49.2 Å². The van der Waals surface area contributed by atoms with Gasteiger partial charge in [-0.1, -0.05) is 0 Å². The number of hydrogen-bond acceptors (Lipinski definition) is 4. The van der Waals surface area contributed by atoms with Gasteiger partial charge >= 0.3 is 5.97 Å². The third kappa shape index (κ3) is 3.40. The van der Waals surface area contributed by atoms with Crippen molar-refractivity contribution in [1.29, 1.82) is 0 Å². The number of ether oxygens (including phenoxy) is 1. The highest BCUT2D eigenvalue weighted by molar-refractivity contribution is 6.29. The fourth-order valence-electron chi connectivity index (χ4n) is 2.06. The number of carbonyl (C=O) groups is 2. The van der Waals surface area contributed by atoms with E-state index < -0.39 is 5.97 Å². The molecule has 1 saturated heterocycles. The molecule has 6 nitrogen and oxygen atoms in total. The van der Waals surface area contributed by atoms with E-state index in [4.69, 9.17) is 16.3 Å². The number of benzene rings is 1. The number of nitrogens with one attached hydrogen (secondary N) is 1. The standard InChI is InChI=1S/C13H15ClN2O4/c14-8-12(17)15-9-1-2-11(10(7-9)13(18)19)16-3-5-20-6-4-16/h1-2,7H,3-6,8H2,(H,15,17)(H,18,19). The van der Waals surface area contributed by atoms with Gasteiger partial charge in [0.25, 0.3) is 0 Å². The van der Waals surface area contributed by atoms with E-state index in [9.17, 15) is 14.7 Å². The summed E-state index contributed by atoms with van der Waals surface area (Å²) in [5.41, 5.74) is 1.20. The second-order valence-electron chi connectivity index (χ2n) is 4.32. The zero-order valence-electron chi connectivity index (χ0n) is 10.8. The van der Waals surface area contributed by atoms with Crippen LogP contribution in [0.2, 0.25) is 0 Å². The van der Waals surface area contributed by atoms with Crippen molar-refractivity contribution in [3.05, 3.63) is 23.8 Å². The molecule has 0 saturated carbocycles. The van der Waals surface area contributed by atoms with Gasteiger partial charge < -0.3 is 20.1 Å². The number of hydrogen-bond donors (Lipinski definition) is 2. The Morgan fingerprint density at radius 1 is 1.35 bits per heavy atom. The summed E-state index contributed by atoms with van der Waals surface area (Å²) in [4.78, 5) is 24.6. The number of nitrogens with zero attached hydrogens (tertiary/aromatic N) is 1. The normalized spacial score (nSPS) is 14.9. The third-order valence-electron chi connectivity index (χ3n) is 2.98. The van der Waals surface area contributed by atoms with Crippen LogP contribution in [-0.2, 0) is 9.53 Å². The third-order valence-corrected chi connectivity index (χ3v) is 3.23. The first-order valence-corrected chi connectivity index (χ1v) is 6.71. The molecule has 1 amide bonds. The molecule has 1 fully saturated rings. The highest BCUT2D eigenvalue weighted by Crippen LogP contribution is 2.25. The molecule has 0 atom stereocenters. The fourth-order valence-corrected chi connectivity index (χ4v) is 2.13. The van der Waals surface area contributed by atoms with Crippen LogP contribution < -0.4 is 10.2 Å². The molecule has 2 N–H and O–H groups in total. The largest absolute Gasteiger partial charge is 0.478 e. The van der Waals surface area contributed by atoms with Gasteiger partial charge in [0, 0.05) is 18.8 Å². The lowest BCUT2D eigenvalue weighted by atomic mass is 10.1. The van der Waals surface area contributed by atoms with Crippen LogP contribution in [0.3, 0.4) is 0 Å². The molecule has 0 aromatic heterocycles. The van der Waals surface area contributed by atoms with Crippen molar-refractivity contribution in [3.8, 4) is 0 Å². The number of anilines is 2. The Kier molecular flexibility index (Phi) is 4.81. The predicted octanol–water partition coefficient (Wildman–Crippen LogP) is 1.40. The molecular weight excluding hydrogens is 284 g/mol. The fraction of sp³-hybridized carbons (Fsp3) is 0.385. The molecule has 1 heterocycles. The summed E-state index contributed by atoms with van der Waals surface area (Å²) in [7, 11) is 0. The van der Waals surface area contributed by atoms with Crippen molar-refractivity contribution >= 4 is 34.9 Å². The molecular formula is C13H15ClN2O4. The Hall–Kier alpha value is -1.79. The van der Waals surface area contributed by atoms with Gasteiger partial charge in [0.2, 0.25) is 5.91 Å². The minimum absolute atomic E-state index is 0.152. The lowest BCUT2D eigenvalue weighted by Crippen LogP contribution is -2.37. The van der Waals surface area contributed by atoms with Gasteiger partial charge in [-0.3, -0.25) is 4.79 Å². The maximum atomic E-state index is 11.4. The van der Waals surface area contributed by atoms with Crippen molar-refractivity contribution < 1.29 is 19.4 Å². The quantitative estimate of drug-likeness (QED) is 0.822. The number of carboxylic acids is 1. The first kappa shape index (κ1) is 14.6. The van der Waals surface area contributed by atoms with Gasteiger partial charge in [-0.05, 0) is 18.2 Å². The topological polar surface area (TPSA) is 78.9 Å². The highest BCUT2D eigenvalue weighted by Gasteiger charge is 2.19. The van der Waals surface area contributed by atoms with E-state index in [1.165, 1.54) is 6.07 Å². The maximum absolute atomic E-state index is 11.4. The van der Waals surface area contributed by atoms with Crippen molar-refractivity contribution in [2.45, 2.75) is 0 Å². The molecule has 2 rings (SSSR count). The summed E-state index contributed by atoms with van der Waals surface area (Å²) >= 11 is 5.41.